The first-order valence-electron chi connectivity index (χ1n) is 10.5. The number of halogens is 1. The van der Waals surface area contributed by atoms with Gasteiger partial charge in [0.05, 0.1) is 13.2 Å². The van der Waals surface area contributed by atoms with Gasteiger partial charge in [-0.1, -0.05) is 18.2 Å². The van der Waals surface area contributed by atoms with Crippen LogP contribution in [0.25, 0.3) is 0 Å². The van der Waals surface area contributed by atoms with Gasteiger partial charge in [-0.05, 0) is 59.7 Å². The van der Waals surface area contributed by atoms with E-state index in [1.807, 2.05) is 39.8 Å². The quantitative estimate of drug-likeness (QED) is 0.273. The first-order chi connectivity index (χ1) is 13.8. The van der Waals surface area contributed by atoms with E-state index in [0.29, 0.717) is 12.5 Å². The summed E-state index contributed by atoms with van der Waals surface area (Å²) in [6, 6.07) is 8.37. The highest BCUT2D eigenvalue weighted by atomic mass is 127. The summed E-state index contributed by atoms with van der Waals surface area (Å²) >= 11 is 0. The molecule has 8 heteroatoms. The monoisotopic (exact) mass is 531 g/mol. The zero-order valence-corrected chi connectivity index (χ0v) is 21.3. The second-order valence-corrected chi connectivity index (χ2v) is 8.38. The number of rotatable bonds is 8. The Kier molecular flexibility index (Phi) is 11.5. The fraction of sp³-hybridized carbons (Fsp3) is 0.636. The Hall–Kier alpha value is -1.55. The largest absolute Gasteiger partial charge is 0.496 e. The number of guanidine groups is 1. The van der Waals surface area contributed by atoms with E-state index in [1.165, 1.54) is 18.4 Å². The topological polar surface area (TPSA) is 78.0 Å². The number of likely N-dealkylation sites (tertiary alicyclic amines) is 1. The molecule has 7 nitrogen and oxygen atoms in total. The van der Waals surface area contributed by atoms with Crippen molar-refractivity contribution < 1.29 is 9.53 Å². The summed E-state index contributed by atoms with van der Waals surface area (Å²) in [7, 11) is 1.71. The molecule has 0 bridgehead atoms. The molecule has 1 aromatic carbocycles. The molecular formula is C22H38IN5O2. The van der Waals surface area contributed by atoms with Crippen LogP contribution < -0.4 is 20.7 Å². The number of hydrogen-bond acceptors (Lipinski definition) is 4. The van der Waals surface area contributed by atoms with E-state index < -0.39 is 0 Å². The lowest BCUT2D eigenvalue weighted by Crippen LogP contribution is -2.44. The number of hydrogen-bond donors (Lipinski definition) is 3. The van der Waals surface area contributed by atoms with E-state index in [4.69, 9.17) is 4.74 Å². The van der Waals surface area contributed by atoms with Crippen LogP contribution >= 0.6 is 24.0 Å². The van der Waals surface area contributed by atoms with E-state index in [-0.39, 0.29) is 48.0 Å². The van der Waals surface area contributed by atoms with Gasteiger partial charge in [0.1, 0.15) is 12.3 Å². The molecule has 0 saturated carbocycles. The van der Waals surface area contributed by atoms with Crippen molar-refractivity contribution in [3.63, 3.8) is 0 Å². The van der Waals surface area contributed by atoms with E-state index >= 15 is 0 Å². The average molecular weight is 531 g/mol. The number of ether oxygens (including phenoxy) is 1. The second kappa shape index (κ2) is 13.0. The standard InChI is InChI=1S/C22H37N5O2.HI/c1-6-23-21(25-16-20(28)26-22(2,3)4)24-15-18(27-13-9-10-14-27)17-11-7-8-12-19(17)29-5;/h7-8,11-12,18H,6,9-10,13-16H2,1-5H3,(H,26,28)(H2,23,24,25);1H. The molecule has 1 atom stereocenters. The highest BCUT2D eigenvalue weighted by Crippen LogP contribution is 2.31. The van der Waals surface area contributed by atoms with Crippen LogP contribution in [0.15, 0.2) is 29.3 Å². The van der Waals surface area contributed by atoms with Crippen molar-refractivity contribution in [2.75, 3.05) is 39.8 Å². The van der Waals surface area contributed by atoms with Gasteiger partial charge in [0.2, 0.25) is 5.91 Å². The number of benzene rings is 1. The van der Waals surface area contributed by atoms with Gasteiger partial charge >= 0.3 is 0 Å². The summed E-state index contributed by atoms with van der Waals surface area (Å²) in [5.41, 5.74) is 0.911. The van der Waals surface area contributed by atoms with Crippen molar-refractivity contribution in [3.05, 3.63) is 29.8 Å². The summed E-state index contributed by atoms with van der Waals surface area (Å²) in [5, 5.41) is 9.60. The second-order valence-electron chi connectivity index (χ2n) is 8.38. The van der Waals surface area contributed by atoms with Crippen LogP contribution in [0.2, 0.25) is 0 Å². The predicted molar refractivity (Wildman–Crippen MR) is 134 cm³/mol. The third-order valence-electron chi connectivity index (χ3n) is 4.78. The smallest absolute Gasteiger partial charge is 0.242 e. The minimum atomic E-state index is -0.261. The summed E-state index contributed by atoms with van der Waals surface area (Å²) in [6.07, 6.45) is 2.43. The minimum absolute atomic E-state index is 0. The van der Waals surface area contributed by atoms with Crippen LogP contribution in [0.5, 0.6) is 5.75 Å². The van der Waals surface area contributed by atoms with Crippen molar-refractivity contribution in [1.82, 2.24) is 20.9 Å². The van der Waals surface area contributed by atoms with Crippen molar-refractivity contribution >= 4 is 35.8 Å². The molecule has 1 fully saturated rings. The maximum absolute atomic E-state index is 12.1. The number of para-hydroxylation sites is 1. The lowest BCUT2D eigenvalue weighted by atomic mass is 10.0. The number of carbonyl (C=O) groups is 1. The highest BCUT2D eigenvalue weighted by molar-refractivity contribution is 14.0. The Morgan fingerprint density at radius 2 is 1.87 bits per heavy atom. The molecule has 1 aliphatic heterocycles. The molecular weight excluding hydrogens is 493 g/mol. The maximum atomic E-state index is 12.1. The van der Waals surface area contributed by atoms with E-state index in [2.05, 4.69) is 38.0 Å². The third-order valence-corrected chi connectivity index (χ3v) is 4.78. The molecule has 1 amide bonds. The lowest BCUT2D eigenvalue weighted by Gasteiger charge is -2.30. The van der Waals surface area contributed by atoms with Gasteiger partial charge in [-0.2, -0.15) is 0 Å². The number of methoxy groups -OCH3 is 1. The first kappa shape index (κ1) is 26.5. The number of nitrogens with one attached hydrogen (secondary N) is 3. The van der Waals surface area contributed by atoms with Crippen LogP contribution in [0.4, 0.5) is 0 Å². The Morgan fingerprint density at radius 3 is 2.47 bits per heavy atom. The third kappa shape index (κ3) is 8.67. The number of nitrogens with zero attached hydrogens (tertiary/aromatic N) is 2. The Labute approximate surface area is 198 Å². The van der Waals surface area contributed by atoms with Gasteiger partial charge in [0, 0.05) is 24.2 Å². The van der Waals surface area contributed by atoms with Gasteiger partial charge < -0.3 is 20.7 Å². The van der Waals surface area contributed by atoms with Crippen molar-refractivity contribution in [1.29, 1.82) is 0 Å². The number of carbonyl (C=O) groups excluding carboxylic acids is 1. The number of amides is 1. The van der Waals surface area contributed by atoms with Crippen LogP contribution in [0, 0.1) is 0 Å². The van der Waals surface area contributed by atoms with Crippen LogP contribution in [-0.4, -0.2) is 62.1 Å². The zero-order chi connectivity index (χ0) is 21.3. The van der Waals surface area contributed by atoms with Crippen molar-refractivity contribution in [2.45, 2.75) is 52.1 Å². The molecule has 1 heterocycles. The van der Waals surface area contributed by atoms with Crippen molar-refractivity contribution in [2.24, 2.45) is 4.99 Å². The molecule has 0 radical (unpaired) electrons. The van der Waals surface area contributed by atoms with E-state index in [1.54, 1.807) is 7.11 Å². The Morgan fingerprint density at radius 1 is 1.20 bits per heavy atom. The maximum Gasteiger partial charge on any atom is 0.242 e. The summed E-state index contributed by atoms with van der Waals surface area (Å²) in [5.74, 6) is 1.46. The molecule has 1 saturated heterocycles. The molecule has 170 valence electrons. The molecule has 0 aromatic heterocycles. The molecule has 30 heavy (non-hydrogen) atoms. The Bertz CT molecular complexity index is 684. The molecule has 2 rings (SSSR count). The van der Waals surface area contributed by atoms with Crippen LogP contribution in [0.1, 0.15) is 52.1 Å². The average Bonchev–Trinajstić information content (AvgIpc) is 3.19. The molecule has 3 N–H and O–H groups in total. The molecule has 0 aliphatic carbocycles. The molecule has 1 unspecified atom stereocenters. The summed E-state index contributed by atoms with van der Waals surface area (Å²) in [6.45, 7) is 11.6. The van der Waals surface area contributed by atoms with Gasteiger partial charge in [-0.3, -0.25) is 9.69 Å². The SMILES string of the molecule is CCNC(=NCC(=O)NC(C)(C)C)NCC(c1ccccc1OC)N1CCCC1.I. The van der Waals surface area contributed by atoms with Crippen LogP contribution in [-0.2, 0) is 4.79 Å². The summed E-state index contributed by atoms with van der Waals surface area (Å²) in [4.78, 5) is 19.1. The fourth-order valence-corrected chi connectivity index (χ4v) is 3.57. The minimum Gasteiger partial charge on any atom is -0.496 e. The van der Waals surface area contributed by atoms with Gasteiger partial charge in [-0.15, -0.1) is 24.0 Å². The van der Waals surface area contributed by atoms with Gasteiger partial charge in [0.15, 0.2) is 5.96 Å². The molecule has 0 spiro atoms. The molecule has 1 aliphatic rings. The summed E-state index contributed by atoms with van der Waals surface area (Å²) < 4.78 is 5.61. The normalized spacial score (nSPS) is 15.8. The van der Waals surface area contributed by atoms with Crippen molar-refractivity contribution in [3.8, 4) is 5.75 Å². The zero-order valence-electron chi connectivity index (χ0n) is 19.0. The van der Waals surface area contributed by atoms with E-state index in [9.17, 15) is 4.79 Å². The first-order valence-corrected chi connectivity index (χ1v) is 10.5. The predicted octanol–water partition coefficient (Wildman–Crippen LogP) is 2.92. The van der Waals surface area contributed by atoms with Gasteiger partial charge in [0.25, 0.3) is 0 Å². The Balaban J connectivity index is 0.00000450. The molecule has 1 aromatic rings. The fourth-order valence-electron chi connectivity index (χ4n) is 3.57. The van der Waals surface area contributed by atoms with Crippen LogP contribution in [0.3, 0.4) is 0 Å². The van der Waals surface area contributed by atoms with E-state index in [0.717, 1.165) is 25.4 Å². The number of aliphatic imine (C=N–C) groups is 1. The lowest BCUT2D eigenvalue weighted by molar-refractivity contribution is -0.121. The highest BCUT2D eigenvalue weighted by Gasteiger charge is 2.26. The van der Waals surface area contributed by atoms with Gasteiger partial charge in [-0.25, -0.2) is 4.99 Å².